The molecule has 4 nitrogen and oxygen atoms in total. The van der Waals surface area contributed by atoms with Gasteiger partial charge in [0.15, 0.2) is 0 Å². The number of nitrogens with zero attached hydrogens (tertiary/aromatic N) is 3. The number of allylic oxidation sites excluding steroid dienone is 1. The van der Waals surface area contributed by atoms with E-state index in [1.165, 1.54) is 0 Å². The van der Waals surface area contributed by atoms with Crippen LogP contribution < -0.4 is 9.91 Å². The number of benzene rings is 4. The third-order valence-corrected chi connectivity index (χ3v) is 8.11. The molecule has 0 fully saturated rings. The second-order valence-electron chi connectivity index (χ2n) is 10.2. The van der Waals surface area contributed by atoms with E-state index in [1.807, 2.05) is 68.5 Å². The topological polar surface area (TPSA) is 35.9 Å². The van der Waals surface area contributed by atoms with Crippen molar-refractivity contribution in [1.82, 2.24) is 0 Å². The van der Waals surface area contributed by atoms with Crippen LogP contribution in [-0.2, 0) is 4.79 Å². The molecule has 0 aromatic heterocycles. The van der Waals surface area contributed by atoms with Crippen molar-refractivity contribution in [2.24, 2.45) is 10.5 Å². The van der Waals surface area contributed by atoms with E-state index in [-0.39, 0.29) is 17.9 Å². The Morgan fingerprint density at radius 3 is 2.11 bits per heavy atom. The molecule has 4 heteroatoms. The molecule has 0 bridgehead atoms. The Bertz CT molecular complexity index is 1560. The number of anilines is 3. The van der Waals surface area contributed by atoms with Gasteiger partial charge in [0, 0.05) is 17.3 Å². The summed E-state index contributed by atoms with van der Waals surface area (Å²) in [6, 6.07) is 34.8. The number of hydrogen-bond acceptors (Lipinski definition) is 3. The van der Waals surface area contributed by atoms with Gasteiger partial charge in [0.25, 0.3) is 5.91 Å². The first-order valence-corrected chi connectivity index (χ1v) is 13.1. The number of para-hydroxylation sites is 2. The van der Waals surface area contributed by atoms with Crippen molar-refractivity contribution in [2.45, 2.75) is 32.7 Å². The normalized spacial score (nSPS) is 22.4. The first-order chi connectivity index (χ1) is 18.5. The summed E-state index contributed by atoms with van der Waals surface area (Å²) in [5.74, 6) is -0.304. The van der Waals surface area contributed by atoms with Gasteiger partial charge in [-0.25, -0.2) is 0 Å². The largest absolute Gasteiger partial charge is 0.332 e. The van der Waals surface area contributed by atoms with Crippen LogP contribution in [0.25, 0.3) is 0 Å². The van der Waals surface area contributed by atoms with Gasteiger partial charge < -0.3 is 4.90 Å². The van der Waals surface area contributed by atoms with Gasteiger partial charge in [-0.1, -0.05) is 90.5 Å². The van der Waals surface area contributed by atoms with Gasteiger partial charge in [0.1, 0.15) is 5.41 Å². The molecule has 0 aliphatic carbocycles. The fourth-order valence-corrected chi connectivity index (χ4v) is 6.33. The van der Waals surface area contributed by atoms with Crippen LogP contribution in [0.5, 0.6) is 0 Å². The zero-order valence-corrected chi connectivity index (χ0v) is 22.0. The first kappa shape index (κ1) is 23.9. The average Bonchev–Trinajstić information content (AvgIpc) is 3.19. The Morgan fingerprint density at radius 2 is 1.42 bits per heavy atom. The highest BCUT2D eigenvalue weighted by molar-refractivity contribution is 6.21. The molecule has 38 heavy (non-hydrogen) atoms. The Kier molecular flexibility index (Phi) is 5.76. The number of carbonyl (C=O) groups excluding carboxylic acids is 1. The minimum Gasteiger partial charge on any atom is -0.332 e. The number of fused-ring (bicyclic) bond motifs is 1. The lowest BCUT2D eigenvalue weighted by Gasteiger charge is -2.52. The van der Waals surface area contributed by atoms with Crippen LogP contribution in [0.2, 0.25) is 0 Å². The van der Waals surface area contributed by atoms with Gasteiger partial charge in [-0.05, 0) is 61.7 Å². The lowest BCUT2D eigenvalue weighted by Crippen LogP contribution is -2.55. The van der Waals surface area contributed by atoms with Crippen molar-refractivity contribution in [1.29, 1.82) is 0 Å². The van der Waals surface area contributed by atoms with Crippen LogP contribution in [0.4, 0.5) is 17.1 Å². The Labute approximate surface area is 224 Å². The van der Waals surface area contributed by atoms with E-state index in [2.05, 4.69) is 73.0 Å². The van der Waals surface area contributed by atoms with Gasteiger partial charge in [-0.15, -0.1) is 6.58 Å². The maximum Gasteiger partial charge on any atom is 0.262 e. The van der Waals surface area contributed by atoms with Crippen molar-refractivity contribution in [3.8, 4) is 0 Å². The van der Waals surface area contributed by atoms with Crippen molar-refractivity contribution in [2.75, 3.05) is 9.91 Å². The van der Waals surface area contributed by atoms with Crippen LogP contribution in [0.3, 0.4) is 0 Å². The van der Waals surface area contributed by atoms with E-state index in [4.69, 9.17) is 5.10 Å². The standard InChI is InChI=1S/C34H31N3O/c1-5-29-28-16-10-12-18-31(28)36(30-17-11-9-13-24(30)3)32(26-14-7-6-8-15-26)34(29)25(4)35-37(33(34)38)27-21-19-23(2)20-22-27/h5-22,29,32H,1H2,2-4H3/t29-,32-,34+/m0/s1. The van der Waals surface area contributed by atoms with Crippen molar-refractivity contribution >= 4 is 28.7 Å². The highest BCUT2D eigenvalue weighted by atomic mass is 16.2. The number of hydrogen-bond donors (Lipinski definition) is 0. The summed E-state index contributed by atoms with van der Waals surface area (Å²) in [6.07, 6.45) is 1.94. The SMILES string of the molecule is C=C[C@H]1c2ccccc2N(c2ccccc2C)[C@@H](c2ccccc2)[C@]12C(=O)N(c1ccc(C)cc1)N=C2C. The zero-order chi connectivity index (χ0) is 26.4. The summed E-state index contributed by atoms with van der Waals surface area (Å²) in [7, 11) is 0. The molecule has 1 amide bonds. The van der Waals surface area contributed by atoms with E-state index in [9.17, 15) is 4.79 Å². The van der Waals surface area contributed by atoms with Crippen LogP contribution in [0.15, 0.2) is 121 Å². The first-order valence-electron chi connectivity index (χ1n) is 13.1. The van der Waals surface area contributed by atoms with Crippen LogP contribution >= 0.6 is 0 Å². The number of carbonyl (C=O) groups is 1. The smallest absolute Gasteiger partial charge is 0.262 e. The van der Waals surface area contributed by atoms with E-state index in [0.29, 0.717) is 0 Å². The fourth-order valence-electron chi connectivity index (χ4n) is 6.33. The van der Waals surface area contributed by atoms with Crippen LogP contribution in [0, 0.1) is 19.3 Å². The lowest BCUT2D eigenvalue weighted by atomic mass is 9.59. The Balaban J connectivity index is 1.68. The average molecular weight is 498 g/mol. The molecule has 0 radical (unpaired) electrons. The molecular formula is C34H31N3O. The number of rotatable bonds is 4. The number of hydrazone groups is 1. The van der Waals surface area contributed by atoms with Gasteiger partial charge in [-0.3, -0.25) is 4.79 Å². The Morgan fingerprint density at radius 1 is 0.789 bits per heavy atom. The monoisotopic (exact) mass is 497 g/mol. The third-order valence-electron chi connectivity index (χ3n) is 8.11. The molecule has 2 heterocycles. The third kappa shape index (κ3) is 3.37. The number of amides is 1. The molecule has 0 unspecified atom stereocenters. The maximum atomic E-state index is 14.9. The summed E-state index contributed by atoms with van der Waals surface area (Å²) in [5.41, 5.74) is 7.14. The van der Waals surface area contributed by atoms with Crippen LogP contribution in [-0.4, -0.2) is 11.6 Å². The lowest BCUT2D eigenvalue weighted by molar-refractivity contribution is -0.125. The van der Waals surface area contributed by atoms with Gasteiger partial charge >= 0.3 is 0 Å². The van der Waals surface area contributed by atoms with E-state index >= 15 is 0 Å². The van der Waals surface area contributed by atoms with Crippen molar-refractivity contribution in [3.05, 3.63) is 138 Å². The quantitative estimate of drug-likeness (QED) is 0.269. The predicted molar refractivity (Wildman–Crippen MR) is 156 cm³/mol. The molecule has 6 rings (SSSR count). The van der Waals surface area contributed by atoms with E-state index in [0.717, 1.165) is 45.0 Å². The second kappa shape index (κ2) is 9.14. The highest BCUT2D eigenvalue weighted by Crippen LogP contribution is 2.62. The van der Waals surface area contributed by atoms with Gasteiger partial charge in [-0.2, -0.15) is 10.1 Å². The molecule has 2 aliphatic rings. The molecule has 0 saturated carbocycles. The molecule has 1 spiro atoms. The molecule has 2 aliphatic heterocycles. The molecule has 4 aromatic rings. The van der Waals surface area contributed by atoms with Gasteiger partial charge in [0.2, 0.25) is 0 Å². The van der Waals surface area contributed by atoms with E-state index in [1.54, 1.807) is 5.01 Å². The molecule has 4 aromatic carbocycles. The van der Waals surface area contributed by atoms with E-state index < -0.39 is 5.41 Å². The summed E-state index contributed by atoms with van der Waals surface area (Å²) < 4.78 is 0. The fraction of sp³-hybridized carbons (Fsp3) is 0.176. The molecule has 0 saturated heterocycles. The molecule has 0 N–H and O–H groups in total. The van der Waals surface area contributed by atoms with Crippen molar-refractivity contribution in [3.63, 3.8) is 0 Å². The summed E-state index contributed by atoms with van der Waals surface area (Å²) >= 11 is 0. The maximum absolute atomic E-state index is 14.9. The summed E-state index contributed by atoms with van der Waals surface area (Å²) in [5, 5.41) is 6.57. The molecule has 3 atom stereocenters. The Hall–Kier alpha value is -4.44. The predicted octanol–water partition coefficient (Wildman–Crippen LogP) is 7.88. The second-order valence-corrected chi connectivity index (χ2v) is 10.2. The van der Waals surface area contributed by atoms with Gasteiger partial charge in [0.05, 0.1) is 17.4 Å². The summed E-state index contributed by atoms with van der Waals surface area (Å²) in [4.78, 5) is 17.3. The van der Waals surface area contributed by atoms with Crippen molar-refractivity contribution < 1.29 is 4.79 Å². The molecule has 188 valence electrons. The minimum absolute atomic E-state index is 0.0364. The summed E-state index contributed by atoms with van der Waals surface area (Å²) in [6.45, 7) is 10.5. The number of aryl methyl sites for hydroxylation is 2. The zero-order valence-electron chi connectivity index (χ0n) is 22.0. The molecular weight excluding hydrogens is 466 g/mol. The van der Waals surface area contributed by atoms with Crippen LogP contribution in [0.1, 0.15) is 41.1 Å². The minimum atomic E-state index is -0.995. The highest BCUT2D eigenvalue weighted by Gasteiger charge is 2.63.